The minimum absolute atomic E-state index is 0.0285. The number of nitrogens with one attached hydrogen (secondary N) is 1. The number of ketones is 1. The normalized spacial score (nSPS) is 21.8. The number of rotatable bonds is 3. The summed E-state index contributed by atoms with van der Waals surface area (Å²) in [4.78, 5) is 24.7. The Kier molecular flexibility index (Phi) is 3.23. The summed E-state index contributed by atoms with van der Waals surface area (Å²) in [6, 6.07) is 2.06. The average Bonchev–Trinajstić information content (AvgIpc) is 3.10. The molecule has 0 bridgehead atoms. The maximum atomic E-state index is 12.4. The molecule has 0 aliphatic heterocycles. The van der Waals surface area contributed by atoms with Gasteiger partial charge in [-0.15, -0.1) is 0 Å². The highest BCUT2D eigenvalue weighted by Gasteiger charge is 2.36. The van der Waals surface area contributed by atoms with Gasteiger partial charge in [0.15, 0.2) is 5.78 Å². The lowest BCUT2D eigenvalue weighted by molar-refractivity contribution is -0.124. The van der Waals surface area contributed by atoms with Gasteiger partial charge in [0, 0.05) is 29.4 Å². The number of hydrogen-bond donors (Lipinski definition) is 1. The van der Waals surface area contributed by atoms with E-state index in [1.807, 2.05) is 19.9 Å². The van der Waals surface area contributed by atoms with Crippen molar-refractivity contribution in [3.05, 3.63) is 23.0 Å². The molecule has 114 valence electrons. The number of carbonyl (C=O) groups is 2. The molecule has 1 saturated carbocycles. The largest absolute Gasteiger partial charge is 0.352 e. The van der Waals surface area contributed by atoms with Crippen LogP contribution in [0.4, 0.5) is 0 Å². The number of carbonyl (C=O) groups excluding carboxylic acids is 2. The summed E-state index contributed by atoms with van der Waals surface area (Å²) in [5.74, 6) is 0.271. The van der Waals surface area contributed by atoms with Crippen molar-refractivity contribution in [3.63, 3.8) is 0 Å². The molecule has 1 atom stereocenters. The van der Waals surface area contributed by atoms with E-state index < -0.39 is 0 Å². The van der Waals surface area contributed by atoms with Crippen molar-refractivity contribution in [2.45, 2.75) is 65.5 Å². The molecule has 4 nitrogen and oxygen atoms in total. The van der Waals surface area contributed by atoms with Crippen LogP contribution in [-0.4, -0.2) is 22.3 Å². The van der Waals surface area contributed by atoms with Crippen LogP contribution in [0.5, 0.6) is 0 Å². The van der Waals surface area contributed by atoms with E-state index in [-0.39, 0.29) is 23.1 Å². The summed E-state index contributed by atoms with van der Waals surface area (Å²) < 4.78 is 2.06. The van der Waals surface area contributed by atoms with Crippen molar-refractivity contribution in [2.75, 3.05) is 0 Å². The Bertz CT molecular complexity index is 609. The Labute approximate surface area is 125 Å². The second-order valence-corrected chi connectivity index (χ2v) is 7.42. The van der Waals surface area contributed by atoms with Crippen LogP contribution in [0.15, 0.2) is 6.07 Å². The molecule has 2 aliphatic rings. The highest BCUT2D eigenvalue weighted by molar-refractivity contribution is 5.99. The van der Waals surface area contributed by atoms with E-state index in [1.165, 1.54) is 0 Å². The van der Waals surface area contributed by atoms with Crippen LogP contribution in [0, 0.1) is 12.3 Å². The molecule has 1 amide bonds. The third-order valence-corrected chi connectivity index (χ3v) is 4.61. The summed E-state index contributed by atoms with van der Waals surface area (Å²) in [6.45, 7) is 8.15. The Morgan fingerprint density at radius 2 is 2.05 bits per heavy atom. The summed E-state index contributed by atoms with van der Waals surface area (Å²) in [7, 11) is 0. The molecule has 21 heavy (non-hydrogen) atoms. The van der Waals surface area contributed by atoms with Gasteiger partial charge in [0.2, 0.25) is 5.91 Å². The summed E-state index contributed by atoms with van der Waals surface area (Å²) in [6.07, 6.45) is 3.62. The molecule has 1 unspecified atom stereocenters. The smallest absolute Gasteiger partial charge is 0.242 e. The Balaban J connectivity index is 1.95. The molecule has 1 heterocycles. The van der Waals surface area contributed by atoms with E-state index in [9.17, 15) is 9.59 Å². The fourth-order valence-electron chi connectivity index (χ4n) is 3.38. The molecule has 2 aliphatic carbocycles. The number of Topliss-reactive ketones (excluding diaryl/α,β-unsaturated/α-hetero) is 1. The summed E-state index contributed by atoms with van der Waals surface area (Å²) in [5, 5.41) is 3.06. The van der Waals surface area contributed by atoms with E-state index in [1.54, 1.807) is 0 Å². The quantitative estimate of drug-likeness (QED) is 0.930. The van der Waals surface area contributed by atoms with Crippen molar-refractivity contribution in [1.29, 1.82) is 0 Å². The Morgan fingerprint density at radius 1 is 1.38 bits per heavy atom. The zero-order chi connectivity index (χ0) is 15.4. The average molecular weight is 288 g/mol. The van der Waals surface area contributed by atoms with Crippen molar-refractivity contribution < 1.29 is 9.59 Å². The molecule has 0 spiro atoms. The number of nitrogens with zero attached hydrogens (tertiary/aromatic N) is 1. The van der Waals surface area contributed by atoms with Crippen molar-refractivity contribution in [3.8, 4) is 0 Å². The predicted octanol–water partition coefficient (Wildman–Crippen LogP) is 2.79. The SMILES string of the molecule is Cc1cc2c(n1C(C)C(=O)NC1CC1)CC(C)(C)CC2=O. The number of amides is 1. The van der Waals surface area contributed by atoms with E-state index in [2.05, 4.69) is 23.7 Å². The molecular weight excluding hydrogens is 264 g/mol. The first-order valence-corrected chi connectivity index (χ1v) is 7.83. The summed E-state index contributed by atoms with van der Waals surface area (Å²) in [5.41, 5.74) is 2.83. The lowest BCUT2D eigenvalue weighted by Gasteiger charge is -2.31. The van der Waals surface area contributed by atoms with E-state index in [4.69, 9.17) is 0 Å². The first-order chi connectivity index (χ1) is 9.78. The van der Waals surface area contributed by atoms with E-state index in [0.29, 0.717) is 12.5 Å². The van der Waals surface area contributed by atoms with Crippen molar-refractivity contribution in [2.24, 2.45) is 5.41 Å². The fraction of sp³-hybridized carbons (Fsp3) is 0.647. The highest BCUT2D eigenvalue weighted by atomic mass is 16.2. The van der Waals surface area contributed by atoms with Crippen LogP contribution in [0.1, 0.15) is 67.8 Å². The number of aryl methyl sites for hydroxylation is 1. The van der Waals surface area contributed by atoms with Gasteiger partial charge in [0.25, 0.3) is 0 Å². The molecule has 1 aromatic heterocycles. The minimum atomic E-state index is -0.254. The number of aromatic nitrogens is 1. The van der Waals surface area contributed by atoms with Crippen LogP contribution in [-0.2, 0) is 11.2 Å². The number of fused-ring (bicyclic) bond motifs is 1. The second-order valence-electron chi connectivity index (χ2n) is 7.42. The first kappa shape index (κ1) is 14.4. The maximum absolute atomic E-state index is 12.4. The van der Waals surface area contributed by atoms with Crippen LogP contribution in [0.3, 0.4) is 0 Å². The predicted molar refractivity (Wildman–Crippen MR) is 81.5 cm³/mol. The molecule has 0 radical (unpaired) electrons. The van der Waals surface area contributed by atoms with Gasteiger partial charge in [-0.05, 0) is 44.6 Å². The van der Waals surface area contributed by atoms with Crippen molar-refractivity contribution in [1.82, 2.24) is 9.88 Å². The molecule has 4 heteroatoms. The third kappa shape index (κ3) is 2.63. The molecule has 1 aromatic rings. The maximum Gasteiger partial charge on any atom is 0.242 e. The molecule has 0 aromatic carbocycles. The minimum Gasteiger partial charge on any atom is -0.352 e. The second kappa shape index (κ2) is 4.72. The lowest BCUT2D eigenvalue weighted by atomic mass is 9.76. The van der Waals surface area contributed by atoms with Crippen LogP contribution in [0.2, 0.25) is 0 Å². The molecule has 0 saturated heterocycles. The highest BCUT2D eigenvalue weighted by Crippen LogP contribution is 2.37. The van der Waals surface area contributed by atoms with Gasteiger partial charge in [0.05, 0.1) is 0 Å². The molecule has 1 fully saturated rings. The van der Waals surface area contributed by atoms with Gasteiger partial charge in [-0.25, -0.2) is 0 Å². The Morgan fingerprint density at radius 3 is 2.67 bits per heavy atom. The standard InChI is InChI=1S/C17H24N2O2/c1-10-7-13-14(8-17(3,4)9-15(13)20)19(10)11(2)16(21)18-12-5-6-12/h7,11-12H,5-6,8-9H2,1-4H3,(H,18,21). The van der Waals surface area contributed by atoms with E-state index >= 15 is 0 Å². The molecule has 1 N–H and O–H groups in total. The molecular formula is C17H24N2O2. The van der Waals surface area contributed by atoms with Gasteiger partial charge in [-0.1, -0.05) is 13.8 Å². The van der Waals surface area contributed by atoms with Crippen molar-refractivity contribution >= 4 is 11.7 Å². The van der Waals surface area contributed by atoms with Crippen LogP contribution < -0.4 is 5.32 Å². The lowest BCUT2D eigenvalue weighted by Crippen LogP contribution is -2.35. The first-order valence-electron chi connectivity index (χ1n) is 7.83. The van der Waals surface area contributed by atoms with Gasteiger partial charge in [-0.3, -0.25) is 9.59 Å². The van der Waals surface area contributed by atoms with Crippen LogP contribution >= 0.6 is 0 Å². The van der Waals surface area contributed by atoms with Gasteiger partial charge < -0.3 is 9.88 Å². The fourth-order valence-corrected chi connectivity index (χ4v) is 3.38. The van der Waals surface area contributed by atoms with Gasteiger partial charge in [-0.2, -0.15) is 0 Å². The summed E-state index contributed by atoms with van der Waals surface area (Å²) >= 11 is 0. The van der Waals surface area contributed by atoms with Gasteiger partial charge >= 0.3 is 0 Å². The Hall–Kier alpha value is -1.58. The van der Waals surface area contributed by atoms with Crippen LogP contribution in [0.25, 0.3) is 0 Å². The number of hydrogen-bond acceptors (Lipinski definition) is 2. The third-order valence-electron chi connectivity index (χ3n) is 4.61. The topological polar surface area (TPSA) is 51.1 Å². The molecule has 3 rings (SSSR count). The van der Waals surface area contributed by atoms with E-state index in [0.717, 1.165) is 36.2 Å². The monoisotopic (exact) mass is 288 g/mol. The zero-order valence-corrected chi connectivity index (χ0v) is 13.3. The van der Waals surface area contributed by atoms with Gasteiger partial charge in [0.1, 0.15) is 6.04 Å². The zero-order valence-electron chi connectivity index (χ0n) is 13.3.